The number of ether oxygens (including phenoxy) is 2. The van der Waals surface area contributed by atoms with Gasteiger partial charge in [0.05, 0.1) is 19.3 Å². The first-order chi connectivity index (χ1) is 9.97. The molecule has 1 rings (SSSR count). The number of anilines is 1. The van der Waals surface area contributed by atoms with E-state index in [2.05, 4.69) is 15.4 Å². The molecule has 0 bridgehead atoms. The standard InChI is InChI=1S/C14H18N2O5/c1-4-21-13(18)10-6-5-7-11(8-10)16-14(19)15-9(2)12(17)20-3/h5-9H,4H2,1-3H3,(H2,15,16,19)/t9-/m0/s1. The van der Waals surface area contributed by atoms with Crippen molar-refractivity contribution in [3.8, 4) is 0 Å². The molecule has 7 nitrogen and oxygen atoms in total. The molecule has 0 fully saturated rings. The number of amides is 2. The third-order valence-electron chi connectivity index (χ3n) is 2.53. The molecule has 0 aliphatic rings. The number of carbonyl (C=O) groups excluding carboxylic acids is 3. The Morgan fingerprint density at radius 3 is 2.62 bits per heavy atom. The second-order valence-electron chi connectivity index (χ2n) is 4.14. The minimum atomic E-state index is -0.775. The Labute approximate surface area is 122 Å². The molecule has 0 aromatic heterocycles. The summed E-state index contributed by atoms with van der Waals surface area (Å²) in [6.07, 6.45) is 0. The lowest BCUT2D eigenvalue weighted by atomic mass is 10.2. The lowest BCUT2D eigenvalue weighted by Gasteiger charge is -2.12. The summed E-state index contributed by atoms with van der Waals surface area (Å²) in [6, 6.07) is 4.95. The van der Waals surface area contributed by atoms with Crippen molar-refractivity contribution < 1.29 is 23.9 Å². The van der Waals surface area contributed by atoms with Gasteiger partial charge in [0.25, 0.3) is 0 Å². The molecule has 0 saturated carbocycles. The van der Waals surface area contributed by atoms with Gasteiger partial charge in [0, 0.05) is 5.69 Å². The zero-order valence-electron chi connectivity index (χ0n) is 12.1. The Bertz CT molecular complexity index is 530. The highest BCUT2D eigenvalue weighted by Gasteiger charge is 2.16. The van der Waals surface area contributed by atoms with E-state index in [1.54, 1.807) is 25.1 Å². The number of esters is 2. The summed E-state index contributed by atoms with van der Waals surface area (Å²) in [5.74, 6) is -1.02. The highest BCUT2D eigenvalue weighted by Crippen LogP contribution is 2.11. The van der Waals surface area contributed by atoms with Crippen molar-refractivity contribution in [3.05, 3.63) is 29.8 Å². The van der Waals surface area contributed by atoms with Gasteiger partial charge in [-0.15, -0.1) is 0 Å². The summed E-state index contributed by atoms with van der Waals surface area (Å²) in [5.41, 5.74) is 0.741. The zero-order valence-corrected chi connectivity index (χ0v) is 12.1. The molecule has 0 heterocycles. The smallest absolute Gasteiger partial charge is 0.338 e. The molecule has 0 aliphatic carbocycles. The van der Waals surface area contributed by atoms with Crippen molar-refractivity contribution in [1.82, 2.24) is 5.32 Å². The summed E-state index contributed by atoms with van der Waals surface area (Å²) >= 11 is 0. The van der Waals surface area contributed by atoms with E-state index in [0.29, 0.717) is 11.3 Å². The van der Waals surface area contributed by atoms with E-state index in [0.717, 1.165) is 0 Å². The van der Waals surface area contributed by atoms with Crippen molar-refractivity contribution in [1.29, 1.82) is 0 Å². The van der Waals surface area contributed by atoms with Crippen LogP contribution in [0.5, 0.6) is 0 Å². The second kappa shape index (κ2) is 7.88. The number of nitrogens with one attached hydrogen (secondary N) is 2. The Hall–Kier alpha value is -2.57. The number of hydrogen-bond donors (Lipinski definition) is 2. The van der Waals surface area contributed by atoms with Crippen LogP contribution in [0.4, 0.5) is 10.5 Å². The van der Waals surface area contributed by atoms with Gasteiger partial charge in [0.2, 0.25) is 0 Å². The first kappa shape index (κ1) is 16.5. The Kier molecular flexibility index (Phi) is 6.19. The summed E-state index contributed by atoms with van der Waals surface area (Å²) in [5, 5.41) is 4.94. The summed E-state index contributed by atoms with van der Waals surface area (Å²) in [6.45, 7) is 3.48. The number of carbonyl (C=O) groups is 3. The third kappa shape index (κ3) is 5.13. The van der Waals surface area contributed by atoms with E-state index >= 15 is 0 Å². The quantitative estimate of drug-likeness (QED) is 0.803. The molecule has 1 aromatic rings. The Morgan fingerprint density at radius 2 is 2.00 bits per heavy atom. The molecule has 1 aromatic carbocycles. The Balaban J connectivity index is 2.66. The van der Waals surface area contributed by atoms with Gasteiger partial charge in [-0.05, 0) is 32.0 Å². The maximum absolute atomic E-state index is 11.7. The molecular weight excluding hydrogens is 276 g/mol. The predicted octanol–water partition coefficient (Wildman–Crippen LogP) is 1.55. The third-order valence-corrected chi connectivity index (χ3v) is 2.53. The van der Waals surface area contributed by atoms with Crippen LogP contribution >= 0.6 is 0 Å². The van der Waals surface area contributed by atoms with Gasteiger partial charge in [-0.25, -0.2) is 14.4 Å². The molecule has 0 spiro atoms. The van der Waals surface area contributed by atoms with Crippen LogP contribution in [-0.4, -0.2) is 37.7 Å². The van der Waals surface area contributed by atoms with Gasteiger partial charge < -0.3 is 20.1 Å². The van der Waals surface area contributed by atoms with Crippen LogP contribution < -0.4 is 10.6 Å². The molecular formula is C14H18N2O5. The molecule has 2 amide bonds. The SMILES string of the molecule is CCOC(=O)c1cccc(NC(=O)N[C@@H](C)C(=O)OC)c1. The van der Waals surface area contributed by atoms with Crippen molar-refractivity contribution in [2.24, 2.45) is 0 Å². The first-order valence-electron chi connectivity index (χ1n) is 6.40. The largest absolute Gasteiger partial charge is 0.467 e. The molecule has 0 radical (unpaired) electrons. The van der Waals surface area contributed by atoms with Crippen LogP contribution in [0.15, 0.2) is 24.3 Å². The van der Waals surface area contributed by atoms with Gasteiger partial charge in [-0.2, -0.15) is 0 Å². The fraction of sp³-hybridized carbons (Fsp3) is 0.357. The van der Waals surface area contributed by atoms with E-state index in [9.17, 15) is 14.4 Å². The van der Waals surface area contributed by atoms with Crippen LogP contribution in [0, 0.1) is 0 Å². The summed E-state index contributed by atoms with van der Waals surface area (Å²) in [7, 11) is 1.24. The minimum Gasteiger partial charge on any atom is -0.467 e. The van der Waals surface area contributed by atoms with E-state index in [-0.39, 0.29) is 6.61 Å². The average Bonchev–Trinajstić information content (AvgIpc) is 2.46. The summed E-state index contributed by atoms with van der Waals surface area (Å²) in [4.78, 5) is 34.5. The second-order valence-corrected chi connectivity index (χ2v) is 4.14. The van der Waals surface area contributed by atoms with Gasteiger partial charge >= 0.3 is 18.0 Å². The van der Waals surface area contributed by atoms with Crippen molar-refractivity contribution in [2.75, 3.05) is 19.0 Å². The van der Waals surface area contributed by atoms with Crippen LogP contribution in [0.2, 0.25) is 0 Å². The molecule has 7 heteroatoms. The molecule has 0 aliphatic heterocycles. The molecule has 1 atom stereocenters. The van der Waals surface area contributed by atoms with Crippen molar-refractivity contribution in [2.45, 2.75) is 19.9 Å². The number of benzene rings is 1. The fourth-order valence-corrected chi connectivity index (χ4v) is 1.54. The van der Waals surface area contributed by atoms with E-state index < -0.39 is 24.0 Å². The molecule has 2 N–H and O–H groups in total. The predicted molar refractivity (Wildman–Crippen MR) is 76.0 cm³/mol. The van der Waals surface area contributed by atoms with Crippen LogP contribution in [0.1, 0.15) is 24.2 Å². The molecule has 0 unspecified atom stereocenters. The average molecular weight is 294 g/mol. The van der Waals surface area contributed by atoms with E-state index in [4.69, 9.17) is 4.74 Å². The Morgan fingerprint density at radius 1 is 1.29 bits per heavy atom. The van der Waals surface area contributed by atoms with Gasteiger partial charge in [0.1, 0.15) is 6.04 Å². The first-order valence-corrected chi connectivity index (χ1v) is 6.40. The minimum absolute atomic E-state index is 0.271. The van der Waals surface area contributed by atoms with E-state index in [1.807, 2.05) is 0 Å². The normalized spacial score (nSPS) is 11.2. The van der Waals surface area contributed by atoms with Gasteiger partial charge in [-0.3, -0.25) is 0 Å². The van der Waals surface area contributed by atoms with Gasteiger partial charge in [0.15, 0.2) is 0 Å². The number of rotatable bonds is 5. The summed E-state index contributed by atoms with van der Waals surface area (Å²) < 4.78 is 9.37. The monoisotopic (exact) mass is 294 g/mol. The van der Waals surface area contributed by atoms with Crippen LogP contribution in [0.3, 0.4) is 0 Å². The lowest BCUT2D eigenvalue weighted by Crippen LogP contribution is -2.41. The van der Waals surface area contributed by atoms with Gasteiger partial charge in [-0.1, -0.05) is 6.07 Å². The van der Waals surface area contributed by atoms with Crippen LogP contribution in [0.25, 0.3) is 0 Å². The topological polar surface area (TPSA) is 93.7 Å². The number of hydrogen-bond acceptors (Lipinski definition) is 5. The van der Waals surface area contributed by atoms with Crippen molar-refractivity contribution in [3.63, 3.8) is 0 Å². The lowest BCUT2D eigenvalue weighted by molar-refractivity contribution is -0.142. The fourth-order valence-electron chi connectivity index (χ4n) is 1.54. The number of urea groups is 1. The molecule has 21 heavy (non-hydrogen) atoms. The van der Waals surface area contributed by atoms with E-state index in [1.165, 1.54) is 20.1 Å². The highest BCUT2D eigenvalue weighted by molar-refractivity contribution is 5.95. The van der Waals surface area contributed by atoms with Crippen LogP contribution in [-0.2, 0) is 14.3 Å². The number of methoxy groups -OCH3 is 1. The maximum Gasteiger partial charge on any atom is 0.338 e. The molecule has 0 saturated heterocycles. The molecule has 114 valence electrons. The highest BCUT2D eigenvalue weighted by atomic mass is 16.5. The van der Waals surface area contributed by atoms with Crippen molar-refractivity contribution >= 4 is 23.7 Å². The zero-order chi connectivity index (χ0) is 15.8. The maximum atomic E-state index is 11.7.